The van der Waals surface area contributed by atoms with E-state index in [9.17, 15) is 0 Å². The van der Waals surface area contributed by atoms with Crippen LogP contribution < -0.4 is 0 Å². The molecule has 0 amide bonds. The molecule has 0 aliphatic carbocycles. The lowest BCUT2D eigenvalue weighted by Crippen LogP contribution is -2.44. The maximum absolute atomic E-state index is 2.47. The SMILES string of the molecule is CCCC=C[N+](CCC)(CCC)CCC.[OH-]. The van der Waals surface area contributed by atoms with Crippen molar-refractivity contribution in [3.63, 3.8) is 0 Å². The predicted molar refractivity (Wildman–Crippen MR) is 71.7 cm³/mol. The Labute approximate surface area is 102 Å². The van der Waals surface area contributed by atoms with Gasteiger partial charge in [0.25, 0.3) is 0 Å². The number of rotatable bonds is 9. The van der Waals surface area contributed by atoms with Gasteiger partial charge < -0.3 is 5.48 Å². The lowest BCUT2D eigenvalue weighted by molar-refractivity contribution is -0.879. The maximum atomic E-state index is 2.47. The zero-order valence-electron chi connectivity index (χ0n) is 11.7. The number of quaternary nitrogens is 1. The molecule has 0 saturated heterocycles. The molecule has 0 aromatic heterocycles. The highest BCUT2D eigenvalue weighted by atomic mass is 16.0. The average molecular weight is 229 g/mol. The summed E-state index contributed by atoms with van der Waals surface area (Å²) in [6, 6.07) is 0. The Morgan fingerprint density at radius 1 is 0.750 bits per heavy atom. The van der Waals surface area contributed by atoms with Crippen LogP contribution in [0.3, 0.4) is 0 Å². The van der Waals surface area contributed by atoms with Crippen molar-refractivity contribution in [3.8, 4) is 0 Å². The minimum absolute atomic E-state index is 0. The molecule has 0 heterocycles. The first-order valence-electron chi connectivity index (χ1n) is 6.78. The molecule has 0 aliphatic heterocycles. The fraction of sp³-hybridized carbons (Fsp3) is 0.857. The summed E-state index contributed by atoms with van der Waals surface area (Å²) < 4.78 is 1.21. The van der Waals surface area contributed by atoms with Crippen LogP contribution in [-0.4, -0.2) is 29.6 Å². The van der Waals surface area contributed by atoms with Gasteiger partial charge in [0.05, 0.1) is 25.8 Å². The average Bonchev–Trinajstić information content (AvgIpc) is 2.19. The Morgan fingerprint density at radius 3 is 1.50 bits per heavy atom. The van der Waals surface area contributed by atoms with E-state index in [2.05, 4.69) is 40.0 Å². The Balaban J connectivity index is 0. The van der Waals surface area contributed by atoms with Crippen molar-refractivity contribution in [1.29, 1.82) is 0 Å². The van der Waals surface area contributed by atoms with Gasteiger partial charge in [0.1, 0.15) is 0 Å². The number of unbranched alkanes of at least 4 members (excludes halogenated alkanes) is 1. The Morgan fingerprint density at radius 2 is 1.19 bits per heavy atom. The summed E-state index contributed by atoms with van der Waals surface area (Å²) >= 11 is 0. The van der Waals surface area contributed by atoms with Gasteiger partial charge in [-0.15, -0.1) is 0 Å². The van der Waals surface area contributed by atoms with Gasteiger partial charge in [-0.25, -0.2) is 0 Å². The molecule has 0 saturated carbocycles. The van der Waals surface area contributed by atoms with Crippen LogP contribution in [-0.2, 0) is 0 Å². The molecule has 0 unspecified atom stereocenters. The van der Waals surface area contributed by atoms with Crippen molar-refractivity contribution >= 4 is 0 Å². The molecule has 2 heteroatoms. The first kappa shape index (κ1) is 18.0. The van der Waals surface area contributed by atoms with Gasteiger partial charge in [-0.3, -0.25) is 4.48 Å². The molecule has 0 aliphatic rings. The molecular formula is C14H31NO. The van der Waals surface area contributed by atoms with Gasteiger partial charge in [0.15, 0.2) is 0 Å². The molecule has 0 spiro atoms. The standard InChI is InChI=1S/C14H30N.H2O/c1-5-9-10-14-15(11-6-2,12-7-3)13-8-4;/h10,14H,5-9,11-13H2,1-4H3;1H2/q+1;/p-1. The molecule has 98 valence electrons. The lowest BCUT2D eigenvalue weighted by atomic mass is 10.2. The van der Waals surface area contributed by atoms with Gasteiger partial charge >= 0.3 is 0 Å². The fourth-order valence-corrected chi connectivity index (χ4v) is 2.36. The van der Waals surface area contributed by atoms with Crippen LogP contribution in [0.5, 0.6) is 0 Å². The van der Waals surface area contributed by atoms with Crippen LogP contribution in [0.25, 0.3) is 0 Å². The topological polar surface area (TPSA) is 30.0 Å². The van der Waals surface area contributed by atoms with Gasteiger partial charge in [-0.2, -0.15) is 0 Å². The second-order valence-electron chi connectivity index (χ2n) is 4.56. The number of hydrogen-bond donors (Lipinski definition) is 0. The van der Waals surface area contributed by atoms with Crippen molar-refractivity contribution < 1.29 is 9.96 Å². The minimum Gasteiger partial charge on any atom is -0.870 e. The summed E-state index contributed by atoms with van der Waals surface area (Å²) in [7, 11) is 0. The van der Waals surface area contributed by atoms with E-state index in [1.165, 1.54) is 56.2 Å². The summed E-state index contributed by atoms with van der Waals surface area (Å²) in [5.41, 5.74) is 0. The van der Waals surface area contributed by atoms with E-state index in [0.29, 0.717) is 0 Å². The van der Waals surface area contributed by atoms with E-state index < -0.39 is 0 Å². The van der Waals surface area contributed by atoms with E-state index >= 15 is 0 Å². The summed E-state index contributed by atoms with van der Waals surface area (Å²) in [5, 5.41) is 0. The summed E-state index contributed by atoms with van der Waals surface area (Å²) in [4.78, 5) is 0. The van der Waals surface area contributed by atoms with Crippen molar-refractivity contribution in [2.75, 3.05) is 19.6 Å². The first-order valence-corrected chi connectivity index (χ1v) is 6.78. The molecule has 0 atom stereocenters. The summed E-state index contributed by atoms with van der Waals surface area (Å²) in [6.07, 6.45) is 11.2. The van der Waals surface area contributed by atoms with E-state index in [4.69, 9.17) is 0 Å². The molecule has 0 fully saturated rings. The third-order valence-corrected chi connectivity index (χ3v) is 2.88. The van der Waals surface area contributed by atoms with Crippen molar-refractivity contribution in [2.45, 2.75) is 59.8 Å². The Kier molecular flexibility index (Phi) is 12.6. The van der Waals surface area contributed by atoms with Crippen LogP contribution in [0, 0.1) is 0 Å². The third kappa shape index (κ3) is 7.02. The molecule has 0 aromatic rings. The quantitative estimate of drug-likeness (QED) is 0.546. The zero-order chi connectivity index (χ0) is 11.6. The molecule has 0 bridgehead atoms. The van der Waals surface area contributed by atoms with E-state index in [0.717, 1.165) is 0 Å². The summed E-state index contributed by atoms with van der Waals surface area (Å²) in [5.74, 6) is 0. The highest BCUT2D eigenvalue weighted by Gasteiger charge is 2.20. The number of nitrogens with zero attached hydrogens (tertiary/aromatic N) is 1. The zero-order valence-corrected chi connectivity index (χ0v) is 11.7. The molecule has 0 rings (SSSR count). The molecule has 0 aromatic carbocycles. The number of hydrogen-bond acceptors (Lipinski definition) is 1. The van der Waals surface area contributed by atoms with Crippen molar-refractivity contribution in [3.05, 3.63) is 12.3 Å². The maximum Gasteiger partial charge on any atom is 0.0918 e. The Bertz CT molecular complexity index is 149. The normalized spacial score (nSPS) is 11.8. The highest BCUT2D eigenvalue weighted by molar-refractivity contribution is 4.74. The lowest BCUT2D eigenvalue weighted by Gasteiger charge is -2.34. The van der Waals surface area contributed by atoms with E-state index in [1.807, 2.05) is 0 Å². The van der Waals surface area contributed by atoms with Crippen molar-refractivity contribution in [1.82, 2.24) is 0 Å². The largest absolute Gasteiger partial charge is 0.870 e. The fourth-order valence-electron chi connectivity index (χ4n) is 2.36. The molecule has 2 nitrogen and oxygen atoms in total. The van der Waals surface area contributed by atoms with Crippen LogP contribution in [0.1, 0.15) is 59.8 Å². The van der Waals surface area contributed by atoms with Gasteiger partial charge in [-0.05, 0) is 31.8 Å². The van der Waals surface area contributed by atoms with E-state index in [1.54, 1.807) is 0 Å². The second kappa shape index (κ2) is 11.2. The van der Waals surface area contributed by atoms with Crippen LogP contribution in [0.15, 0.2) is 12.3 Å². The predicted octanol–water partition coefficient (Wildman–Crippen LogP) is 4.17. The van der Waals surface area contributed by atoms with Crippen LogP contribution >= 0.6 is 0 Å². The minimum atomic E-state index is 0. The molecular weight excluding hydrogens is 198 g/mol. The first-order chi connectivity index (χ1) is 7.24. The number of allylic oxidation sites excluding steroid dienone is 1. The third-order valence-electron chi connectivity index (χ3n) is 2.88. The molecule has 16 heavy (non-hydrogen) atoms. The van der Waals surface area contributed by atoms with E-state index in [-0.39, 0.29) is 5.48 Å². The molecule has 0 radical (unpaired) electrons. The van der Waals surface area contributed by atoms with Crippen LogP contribution in [0.2, 0.25) is 0 Å². The van der Waals surface area contributed by atoms with Gasteiger partial charge in [-0.1, -0.05) is 34.1 Å². The molecule has 1 N–H and O–H groups in total. The van der Waals surface area contributed by atoms with Crippen molar-refractivity contribution in [2.24, 2.45) is 0 Å². The Hall–Kier alpha value is -0.340. The summed E-state index contributed by atoms with van der Waals surface area (Å²) in [6.45, 7) is 13.1. The van der Waals surface area contributed by atoms with Crippen LogP contribution in [0.4, 0.5) is 0 Å². The van der Waals surface area contributed by atoms with Gasteiger partial charge in [0, 0.05) is 0 Å². The smallest absolute Gasteiger partial charge is 0.0918 e. The monoisotopic (exact) mass is 229 g/mol. The highest BCUT2D eigenvalue weighted by Crippen LogP contribution is 2.13. The van der Waals surface area contributed by atoms with Gasteiger partial charge in [0.2, 0.25) is 0 Å². The second-order valence-corrected chi connectivity index (χ2v) is 4.56.